The molecule has 1 saturated carbocycles. The first-order valence-electron chi connectivity index (χ1n) is 9.35. The standard InChI is InChI=1S/C19H18N6O3/c26-17-13(10-21-15(22-17)11-3-4-11)19(27)25-9-1-2-14(25)18-23-16(24-28-18)12-5-7-20-8-6-12/h5-8,10-11,14H,1-4,9H2,(H,21,22,26)/t14-/m1/s1. The number of nitrogens with zero attached hydrogens (tertiary/aromatic N) is 5. The van der Waals surface area contributed by atoms with Crippen LogP contribution in [0.3, 0.4) is 0 Å². The zero-order valence-corrected chi connectivity index (χ0v) is 15.0. The number of H-pyrrole nitrogens is 1. The number of aromatic amines is 1. The Balaban J connectivity index is 1.40. The Morgan fingerprint density at radius 2 is 2.04 bits per heavy atom. The zero-order chi connectivity index (χ0) is 19.1. The van der Waals surface area contributed by atoms with Crippen molar-refractivity contribution in [3.8, 4) is 11.4 Å². The smallest absolute Gasteiger partial charge is 0.263 e. The molecule has 0 bridgehead atoms. The van der Waals surface area contributed by atoms with E-state index in [1.165, 1.54) is 6.20 Å². The van der Waals surface area contributed by atoms with E-state index in [4.69, 9.17) is 4.52 Å². The van der Waals surface area contributed by atoms with E-state index in [-0.39, 0.29) is 17.5 Å². The van der Waals surface area contributed by atoms with Gasteiger partial charge in [0.05, 0.1) is 0 Å². The molecular weight excluding hydrogens is 360 g/mol. The van der Waals surface area contributed by atoms with Gasteiger partial charge >= 0.3 is 0 Å². The van der Waals surface area contributed by atoms with Gasteiger partial charge in [0.15, 0.2) is 0 Å². The summed E-state index contributed by atoms with van der Waals surface area (Å²) in [6.45, 7) is 0.528. The SMILES string of the molecule is O=C(c1cnc(C2CC2)[nH]c1=O)N1CCC[C@@H]1c1nc(-c2ccncc2)no1. The molecule has 1 aliphatic carbocycles. The van der Waals surface area contributed by atoms with Gasteiger partial charge in [-0.15, -0.1) is 0 Å². The third kappa shape index (κ3) is 2.98. The minimum Gasteiger partial charge on any atom is -0.337 e. The molecule has 142 valence electrons. The Morgan fingerprint density at radius 1 is 1.21 bits per heavy atom. The lowest BCUT2D eigenvalue weighted by molar-refractivity contribution is 0.0707. The summed E-state index contributed by atoms with van der Waals surface area (Å²) < 4.78 is 5.43. The summed E-state index contributed by atoms with van der Waals surface area (Å²) in [4.78, 5) is 42.5. The Bertz CT molecular complexity index is 1070. The van der Waals surface area contributed by atoms with E-state index in [9.17, 15) is 9.59 Å². The predicted octanol–water partition coefficient (Wildman–Crippen LogP) is 2.07. The van der Waals surface area contributed by atoms with Crippen LogP contribution in [0.4, 0.5) is 0 Å². The van der Waals surface area contributed by atoms with E-state index in [2.05, 4.69) is 25.1 Å². The first-order chi connectivity index (χ1) is 13.7. The van der Waals surface area contributed by atoms with Crippen molar-refractivity contribution in [1.29, 1.82) is 0 Å². The molecule has 4 heterocycles. The van der Waals surface area contributed by atoms with Crippen molar-refractivity contribution < 1.29 is 9.32 Å². The quantitative estimate of drug-likeness (QED) is 0.738. The number of carbonyl (C=O) groups excluding carboxylic acids is 1. The van der Waals surface area contributed by atoms with Gasteiger partial charge in [0.2, 0.25) is 11.7 Å². The van der Waals surface area contributed by atoms with E-state index in [0.717, 1.165) is 24.8 Å². The summed E-state index contributed by atoms with van der Waals surface area (Å²) in [6, 6.07) is 3.23. The molecule has 1 atom stereocenters. The lowest BCUT2D eigenvalue weighted by atomic mass is 10.2. The first-order valence-corrected chi connectivity index (χ1v) is 9.35. The number of aromatic nitrogens is 5. The maximum absolute atomic E-state index is 13.0. The van der Waals surface area contributed by atoms with Crippen LogP contribution in [0, 0.1) is 0 Å². The van der Waals surface area contributed by atoms with Gasteiger partial charge in [-0.05, 0) is 37.8 Å². The summed E-state index contributed by atoms with van der Waals surface area (Å²) in [6.07, 6.45) is 8.26. The van der Waals surface area contributed by atoms with Gasteiger partial charge in [0.1, 0.15) is 17.4 Å². The molecule has 3 aromatic rings. The molecule has 3 aromatic heterocycles. The van der Waals surface area contributed by atoms with Crippen LogP contribution in [0.5, 0.6) is 0 Å². The van der Waals surface area contributed by atoms with Crippen molar-refractivity contribution in [2.24, 2.45) is 0 Å². The van der Waals surface area contributed by atoms with Crippen molar-refractivity contribution in [3.63, 3.8) is 0 Å². The first kappa shape index (κ1) is 16.8. The molecule has 1 saturated heterocycles. The Labute approximate surface area is 159 Å². The summed E-state index contributed by atoms with van der Waals surface area (Å²) in [5.74, 6) is 1.45. The fraction of sp³-hybridized carbons (Fsp3) is 0.368. The molecule has 9 heteroatoms. The van der Waals surface area contributed by atoms with Crippen LogP contribution in [0.25, 0.3) is 11.4 Å². The third-order valence-corrected chi connectivity index (χ3v) is 5.19. The van der Waals surface area contributed by atoms with E-state index in [1.54, 1.807) is 29.4 Å². The van der Waals surface area contributed by atoms with Gasteiger partial charge in [-0.25, -0.2) is 4.98 Å². The zero-order valence-electron chi connectivity index (χ0n) is 15.0. The fourth-order valence-corrected chi connectivity index (χ4v) is 3.54. The van der Waals surface area contributed by atoms with E-state index in [1.807, 2.05) is 0 Å². The lowest BCUT2D eigenvalue weighted by Crippen LogP contribution is -2.35. The van der Waals surface area contributed by atoms with Crippen LogP contribution >= 0.6 is 0 Å². The lowest BCUT2D eigenvalue weighted by Gasteiger charge is -2.21. The highest BCUT2D eigenvalue weighted by Crippen LogP contribution is 2.37. The van der Waals surface area contributed by atoms with Crippen LogP contribution < -0.4 is 5.56 Å². The molecule has 0 aromatic carbocycles. The van der Waals surface area contributed by atoms with Gasteiger partial charge in [-0.1, -0.05) is 5.16 Å². The van der Waals surface area contributed by atoms with Gasteiger partial charge in [0.25, 0.3) is 11.5 Å². The molecule has 0 spiro atoms. The largest absolute Gasteiger partial charge is 0.337 e. The van der Waals surface area contributed by atoms with Crippen molar-refractivity contribution in [2.45, 2.75) is 37.6 Å². The van der Waals surface area contributed by atoms with Crippen molar-refractivity contribution in [1.82, 2.24) is 30.0 Å². The molecule has 1 N–H and O–H groups in total. The number of hydrogen-bond donors (Lipinski definition) is 1. The number of amides is 1. The third-order valence-electron chi connectivity index (χ3n) is 5.19. The van der Waals surface area contributed by atoms with Crippen LogP contribution in [0.15, 0.2) is 40.0 Å². The second-order valence-electron chi connectivity index (χ2n) is 7.13. The number of nitrogens with one attached hydrogen (secondary N) is 1. The molecule has 0 radical (unpaired) electrons. The monoisotopic (exact) mass is 378 g/mol. The van der Waals surface area contributed by atoms with Gasteiger partial charge in [-0.2, -0.15) is 4.98 Å². The molecule has 5 rings (SSSR count). The molecule has 28 heavy (non-hydrogen) atoms. The van der Waals surface area contributed by atoms with E-state index >= 15 is 0 Å². The van der Waals surface area contributed by atoms with Crippen LogP contribution in [0.1, 0.15) is 59.7 Å². The number of rotatable bonds is 4. The molecule has 2 aliphatic rings. The van der Waals surface area contributed by atoms with Gasteiger partial charge in [0, 0.05) is 36.6 Å². The topological polar surface area (TPSA) is 118 Å². The van der Waals surface area contributed by atoms with E-state index in [0.29, 0.717) is 36.4 Å². The second kappa shape index (κ2) is 6.66. The highest BCUT2D eigenvalue weighted by molar-refractivity contribution is 5.94. The summed E-state index contributed by atoms with van der Waals surface area (Å²) in [7, 11) is 0. The maximum atomic E-state index is 13.0. The molecule has 0 unspecified atom stereocenters. The average Bonchev–Trinajstić information content (AvgIpc) is 3.25. The van der Waals surface area contributed by atoms with Crippen LogP contribution in [-0.2, 0) is 0 Å². The van der Waals surface area contributed by atoms with Crippen molar-refractivity contribution in [3.05, 3.63) is 58.4 Å². The van der Waals surface area contributed by atoms with Crippen LogP contribution in [-0.4, -0.2) is 42.4 Å². The van der Waals surface area contributed by atoms with Crippen LogP contribution in [0.2, 0.25) is 0 Å². The average molecular weight is 378 g/mol. The highest BCUT2D eigenvalue weighted by atomic mass is 16.5. The van der Waals surface area contributed by atoms with Crippen molar-refractivity contribution in [2.75, 3.05) is 6.54 Å². The summed E-state index contributed by atoms with van der Waals surface area (Å²) >= 11 is 0. The Morgan fingerprint density at radius 3 is 2.79 bits per heavy atom. The highest BCUT2D eigenvalue weighted by Gasteiger charge is 2.36. The summed E-state index contributed by atoms with van der Waals surface area (Å²) in [5.41, 5.74) is 0.443. The normalized spacial score (nSPS) is 19.1. The summed E-state index contributed by atoms with van der Waals surface area (Å²) in [5, 5.41) is 4.02. The molecular formula is C19H18N6O3. The number of likely N-dealkylation sites (tertiary alicyclic amines) is 1. The fourth-order valence-electron chi connectivity index (χ4n) is 3.54. The minimum atomic E-state index is -0.393. The molecule has 1 aliphatic heterocycles. The number of carbonyl (C=O) groups is 1. The van der Waals surface area contributed by atoms with Gasteiger partial charge in [-0.3, -0.25) is 14.6 Å². The van der Waals surface area contributed by atoms with E-state index < -0.39 is 5.56 Å². The molecule has 2 fully saturated rings. The van der Waals surface area contributed by atoms with Crippen molar-refractivity contribution >= 4 is 5.91 Å². The Kier molecular flexibility index (Phi) is 4.00. The predicted molar refractivity (Wildman–Crippen MR) is 97.4 cm³/mol. The maximum Gasteiger partial charge on any atom is 0.263 e. The molecule has 9 nitrogen and oxygen atoms in total. The Hall–Kier alpha value is -3.36. The minimum absolute atomic E-state index is 0.0465. The van der Waals surface area contributed by atoms with Gasteiger partial charge < -0.3 is 14.4 Å². The number of hydrogen-bond acceptors (Lipinski definition) is 7. The molecule has 1 amide bonds. The second-order valence-corrected chi connectivity index (χ2v) is 7.13. The number of pyridine rings is 1.